The molecular weight excluding hydrogens is 132 g/mol. The van der Waals surface area contributed by atoms with E-state index in [1.807, 2.05) is 6.92 Å². The van der Waals surface area contributed by atoms with Gasteiger partial charge in [-0.2, -0.15) is 0 Å². The summed E-state index contributed by atoms with van der Waals surface area (Å²) in [5.41, 5.74) is -1.31. The highest BCUT2D eigenvalue weighted by atomic mass is 16.5. The first-order valence-corrected chi connectivity index (χ1v) is 3.39. The van der Waals surface area contributed by atoms with Gasteiger partial charge in [0.2, 0.25) is 0 Å². The van der Waals surface area contributed by atoms with Crippen LogP contribution in [0.1, 0.15) is 20.3 Å². The van der Waals surface area contributed by atoms with E-state index in [9.17, 15) is 4.79 Å². The number of hydrogen-bond donors (Lipinski definition) is 1. The second-order valence-electron chi connectivity index (χ2n) is 2.53. The van der Waals surface area contributed by atoms with E-state index in [0.717, 1.165) is 6.42 Å². The lowest BCUT2D eigenvalue weighted by atomic mass is 10.1. The fourth-order valence-electron chi connectivity index (χ4n) is 0.457. The molecule has 0 aromatic heterocycles. The van der Waals surface area contributed by atoms with Crippen molar-refractivity contribution in [3.05, 3.63) is 0 Å². The van der Waals surface area contributed by atoms with E-state index in [2.05, 4.69) is 0 Å². The summed E-state index contributed by atoms with van der Waals surface area (Å²) in [6.45, 7) is 4.07. The Morgan fingerprint density at radius 2 is 2.30 bits per heavy atom. The Morgan fingerprint density at radius 1 is 1.70 bits per heavy atom. The zero-order valence-corrected chi connectivity index (χ0v) is 6.46. The predicted octanol–water partition coefficient (Wildman–Crippen LogP) is 0.363. The smallest absolute Gasteiger partial charge is 0.153 e. The lowest BCUT2D eigenvalue weighted by Crippen LogP contribution is -2.32. The van der Waals surface area contributed by atoms with E-state index in [4.69, 9.17) is 9.84 Å². The Bertz CT molecular complexity index is 99.0. The molecule has 0 aliphatic heterocycles. The highest BCUT2D eigenvalue weighted by Crippen LogP contribution is 1.98. The molecule has 1 unspecified atom stereocenters. The summed E-state index contributed by atoms with van der Waals surface area (Å²) >= 11 is 0. The molecule has 60 valence electrons. The van der Waals surface area contributed by atoms with Gasteiger partial charge in [0.15, 0.2) is 6.29 Å². The van der Waals surface area contributed by atoms with Crippen molar-refractivity contribution < 1.29 is 14.6 Å². The van der Waals surface area contributed by atoms with Gasteiger partial charge in [0.05, 0.1) is 6.61 Å². The van der Waals surface area contributed by atoms with E-state index in [-0.39, 0.29) is 6.61 Å². The van der Waals surface area contributed by atoms with Gasteiger partial charge in [-0.3, -0.25) is 0 Å². The highest BCUT2D eigenvalue weighted by molar-refractivity contribution is 5.61. The van der Waals surface area contributed by atoms with Crippen LogP contribution < -0.4 is 0 Å². The molecule has 0 heterocycles. The maximum atomic E-state index is 10.1. The van der Waals surface area contributed by atoms with Crippen molar-refractivity contribution in [1.82, 2.24) is 0 Å². The number of aldehydes is 1. The average Bonchev–Trinajstić information content (AvgIpc) is 1.89. The lowest BCUT2D eigenvalue weighted by Gasteiger charge is -2.14. The molecule has 0 aromatic rings. The SMILES string of the molecule is CCCOCC(C)(O)C=O. The summed E-state index contributed by atoms with van der Waals surface area (Å²) in [6, 6.07) is 0. The topological polar surface area (TPSA) is 46.5 Å². The van der Waals surface area contributed by atoms with E-state index in [1.54, 1.807) is 0 Å². The van der Waals surface area contributed by atoms with Gasteiger partial charge in [-0.1, -0.05) is 6.92 Å². The molecule has 10 heavy (non-hydrogen) atoms. The lowest BCUT2D eigenvalue weighted by molar-refractivity contribution is -0.128. The van der Waals surface area contributed by atoms with Crippen LogP contribution in [0.4, 0.5) is 0 Å². The van der Waals surface area contributed by atoms with Crippen molar-refractivity contribution in [2.75, 3.05) is 13.2 Å². The molecule has 0 aliphatic carbocycles. The second kappa shape index (κ2) is 4.41. The molecule has 0 aromatic carbocycles. The van der Waals surface area contributed by atoms with Crippen molar-refractivity contribution in [3.63, 3.8) is 0 Å². The second-order valence-corrected chi connectivity index (χ2v) is 2.53. The quantitative estimate of drug-likeness (QED) is 0.450. The molecule has 3 nitrogen and oxygen atoms in total. The van der Waals surface area contributed by atoms with Crippen LogP contribution in [0.3, 0.4) is 0 Å². The van der Waals surface area contributed by atoms with Crippen molar-refractivity contribution in [3.8, 4) is 0 Å². The maximum Gasteiger partial charge on any atom is 0.153 e. The number of hydrogen-bond acceptors (Lipinski definition) is 3. The molecular formula is C7H14O3. The molecule has 0 saturated carbocycles. The van der Waals surface area contributed by atoms with Gasteiger partial charge in [0, 0.05) is 6.61 Å². The Morgan fingerprint density at radius 3 is 2.70 bits per heavy atom. The van der Waals surface area contributed by atoms with Gasteiger partial charge < -0.3 is 14.6 Å². The van der Waals surface area contributed by atoms with Crippen molar-refractivity contribution in [2.24, 2.45) is 0 Å². The fourth-order valence-corrected chi connectivity index (χ4v) is 0.457. The number of carbonyl (C=O) groups is 1. The van der Waals surface area contributed by atoms with Crippen LogP contribution in [0.2, 0.25) is 0 Å². The van der Waals surface area contributed by atoms with Crippen LogP contribution in [-0.2, 0) is 9.53 Å². The largest absolute Gasteiger partial charge is 0.380 e. The van der Waals surface area contributed by atoms with Crippen LogP contribution in [0.25, 0.3) is 0 Å². The van der Waals surface area contributed by atoms with E-state index in [1.165, 1.54) is 6.92 Å². The Kier molecular flexibility index (Phi) is 4.23. The number of carbonyl (C=O) groups excluding carboxylic acids is 1. The summed E-state index contributed by atoms with van der Waals surface area (Å²) in [5.74, 6) is 0. The minimum Gasteiger partial charge on any atom is -0.380 e. The molecule has 0 aliphatic rings. The Labute approximate surface area is 61.0 Å². The standard InChI is InChI=1S/C7H14O3/c1-3-4-10-6-7(2,9)5-8/h5,9H,3-4,6H2,1-2H3. The number of ether oxygens (including phenoxy) is 1. The maximum absolute atomic E-state index is 10.1. The van der Waals surface area contributed by atoms with Crippen LogP contribution in [0, 0.1) is 0 Å². The van der Waals surface area contributed by atoms with Gasteiger partial charge in [-0.25, -0.2) is 0 Å². The van der Waals surface area contributed by atoms with Crippen LogP contribution in [0.5, 0.6) is 0 Å². The normalized spacial score (nSPS) is 16.3. The monoisotopic (exact) mass is 146 g/mol. The zero-order valence-electron chi connectivity index (χ0n) is 6.46. The third-order valence-corrected chi connectivity index (χ3v) is 0.997. The van der Waals surface area contributed by atoms with Gasteiger partial charge in [0.25, 0.3) is 0 Å². The Balaban J connectivity index is 3.37. The fraction of sp³-hybridized carbons (Fsp3) is 0.857. The van der Waals surface area contributed by atoms with E-state index >= 15 is 0 Å². The average molecular weight is 146 g/mol. The van der Waals surface area contributed by atoms with Gasteiger partial charge in [-0.15, -0.1) is 0 Å². The summed E-state index contributed by atoms with van der Waals surface area (Å²) < 4.78 is 4.96. The van der Waals surface area contributed by atoms with Crippen LogP contribution in [0.15, 0.2) is 0 Å². The third kappa shape index (κ3) is 4.47. The summed E-state index contributed by atoms with van der Waals surface area (Å²) in [4.78, 5) is 10.1. The van der Waals surface area contributed by atoms with Crippen LogP contribution in [-0.4, -0.2) is 30.2 Å². The first-order valence-electron chi connectivity index (χ1n) is 3.39. The highest BCUT2D eigenvalue weighted by Gasteiger charge is 2.18. The molecule has 1 atom stereocenters. The van der Waals surface area contributed by atoms with Crippen LogP contribution >= 0.6 is 0 Å². The predicted molar refractivity (Wildman–Crippen MR) is 37.8 cm³/mol. The first-order chi connectivity index (χ1) is 4.62. The Hall–Kier alpha value is -0.410. The molecule has 0 radical (unpaired) electrons. The molecule has 0 bridgehead atoms. The summed E-state index contributed by atoms with van der Waals surface area (Å²) in [5, 5.41) is 9.06. The minimum absolute atomic E-state index is 0.0876. The molecule has 1 N–H and O–H groups in total. The van der Waals surface area contributed by atoms with Crippen molar-refractivity contribution in [2.45, 2.75) is 25.9 Å². The van der Waals surface area contributed by atoms with E-state index < -0.39 is 5.60 Å². The number of aliphatic hydroxyl groups is 1. The summed E-state index contributed by atoms with van der Waals surface area (Å²) in [6.07, 6.45) is 1.39. The van der Waals surface area contributed by atoms with Gasteiger partial charge in [0.1, 0.15) is 5.60 Å². The molecule has 0 saturated heterocycles. The van der Waals surface area contributed by atoms with Gasteiger partial charge >= 0.3 is 0 Å². The summed E-state index contributed by atoms with van der Waals surface area (Å²) in [7, 11) is 0. The molecule has 0 amide bonds. The molecule has 0 spiro atoms. The third-order valence-electron chi connectivity index (χ3n) is 0.997. The first kappa shape index (κ1) is 9.59. The number of rotatable bonds is 5. The van der Waals surface area contributed by atoms with E-state index in [0.29, 0.717) is 12.9 Å². The van der Waals surface area contributed by atoms with Crippen molar-refractivity contribution >= 4 is 6.29 Å². The van der Waals surface area contributed by atoms with Gasteiger partial charge in [-0.05, 0) is 13.3 Å². The zero-order chi connectivity index (χ0) is 8.04. The molecule has 3 heteroatoms. The molecule has 0 rings (SSSR count). The molecule has 0 fully saturated rings. The minimum atomic E-state index is -1.31. The van der Waals surface area contributed by atoms with Crippen molar-refractivity contribution in [1.29, 1.82) is 0 Å².